The number of carbonyl (C=O) groups is 4. The fraction of sp³-hybridized carbons (Fsp3) is 0.273. The van der Waals surface area contributed by atoms with Gasteiger partial charge in [-0.1, -0.05) is 32.0 Å². The average Bonchev–Trinajstić information content (AvgIpc) is 2.99. The van der Waals surface area contributed by atoms with Gasteiger partial charge < -0.3 is 10.6 Å². The largest absolute Gasteiger partial charge is 0.325 e. The van der Waals surface area contributed by atoms with Crippen molar-refractivity contribution in [3.63, 3.8) is 0 Å². The maximum Gasteiger partial charge on any atom is 0.325 e. The third-order valence-electron chi connectivity index (χ3n) is 5.26. The van der Waals surface area contributed by atoms with Gasteiger partial charge in [-0.05, 0) is 49.2 Å². The maximum atomic E-state index is 12.6. The third-order valence-corrected chi connectivity index (χ3v) is 5.26. The first kappa shape index (κ1) is 20.3. The van der Waals surface area contributed by atoms with E-state index in [0.717, 1.165) is 4.90 Å². The van der Waals surface area contributed by atoms with Gasteiger partial charge in [-0.3, -0.25) is 19.3 Å². The fourth-order valence-electron chi connectivity index (χ4n) is 3.32. The summed E-state index contributed by atoms with van der Waals surface area (Å²) in [7, 11) is 0. The highest BCUT2D eigenvalue weighted by Crippen LogP contribution is 2.25. The number of nitrogens with zero attached hydrogens (tertiary/aromatic N) is 1. The Morgan fingerprint density at radius 1 is 0.931 bits per heavy atom. The molecule has 0 atom stereocenters. The molecular weight excluding hydrogens is 370 g/mol. The van der Waals surface area contributed by atoms with Crippen molar-refractivity contribution in [2.24, 2.45) is 0 Å². The van der Waals surface area contributed by atoms with Crippen molar-refractivity contribution in [1.82, 2.24) is 10.2 Å². The second-order valence-corrected chi connectivity index (χ2v) is 6.93. The molecule has 0 radical (unpaired) electrons. The van der Waals surface area contributed by atoms with Gasteiger partial charge in [0.25, 0.3) is 11.8 Å². The van der Waals surface area contributed by atoms with Gasteiger partial charge in [-0.15, -0.1) is 0 Å². The zero-order valence-corrected chi connectivity index (χ0v) is 16.4. The second kappa shape index (κ2) is 8.26. The molecule has 7 nitrogen and oxygen atoms in total. The Morgan fingerprint density at radius 2 is 1.55 bits per heavy atom. The molecule has 1 aliphatic rings. The van der Waals surface area contributed by atoms with E-state index in [2.05, 4.69) is 10.6 Å². The molecule has 0 unspecified atom stereocenters. The first-order valence-electron chi connectivity index (χ1n) is 9.54. The molecule has 7 heteroatoms. The summed E-state index contributed by atoms with van der Waals surface area (Å²) in [6.45, 7) is 3.34. The molecule has 0 aromatic heterocycles. The van der Waals surface area contributed by atoms with E-state index in [9.17, 15) is 19.2 Å². The highest BCUT2D eigenvalue weighted by Gasteiger charge is 2.49. The Morgan fingerprint density at radius 3 is 2.10 bits per heavy atom. The van der Waals surface area contributed by atoms with Crippen LogP contribution in [0.15, 0.2) is 54.6 Å². The molecule has 1 fully saturated rings. The lowest BCUT2D eigenvalue weighted by Crippen LogP contribution is -2.46. The van der Waals surface area contributed by atoms with Gasteiger partial charge >= 0.3 is 6.03 Å². The molecule has 2 aromatic rings. The lowest BCUT2D eigenvalue weighted by atomic mass is 9.93. The highest BCUT2D eigenvalue weighted by atomic mass is 16.2. The number of nitrogens with one attached hydrogen (secondary N) is 2. The van der Waals surface area contributed by atoms with Gasteiger partial charge in [0, 0.05) is 16.8 Å². The quantitative estimate of drug-likeness (QED) is 0.558. The van der Waals surface area contributed by atoms with Crippen LogP contribution in [0.4, 0.5) is 10.5 Å². The topological polar surface area (TPSA) is 95.6 Å². The van der Waals surface area contributed by atoms with Crippen molar-refractivity contribution in [3.8, 4) is 0 Å². The Balaban J connectivity index is 1.66. The van der Waals surface area contributed by atoms with E-state index in [0.29, 0.717) is 29.7 Å². The van der Waals surface area contributed by atoms with E-state index in [4.69, 9.17) is 0 Å². The number of hydrogen-bond donors (Lipinski definition) is 2. The smallest absolute Gasteiger partial charge is 0.323 e. The van der Waals surface area contributed by atoms with Crippen LogP contribution in [0.3, 0.4) is 0 Å². The monoisotopic (exact) mass is 393 g/mol. The number of benzene rings is 2. The van der Waals surface area contributed by atoms with Crippen molar-refractivity contribution in [2.45, 2.75) is 32.2 Å². The van der Waals surface area contributed by atoms with Crippen LogP contribution < -0.4 is 10.6 Å². The van der Waals surface area contributed by atoms with E-state index in [1.807, 2.05) is 19.9 Å². The lowest BCUT2D eigenvalue weighted by molar-refractivity contribution is -0.131. The van der Waals surface area contributed by atoms with E-state index < -0.39 is 11.6 Å². The number of hydrogen-bond acceptors (Lipinski definition) is 4. The van der Waals surface area contributed by atoms with Crippen LogP contribution in [0, 0.1) is 0 Å². The summed E-state index contributed by atoms with van der Waals surface area (Å²) in [5.41, 5.74) is 0.500. The van der Waals surface area contributed by atoms with E-state index in [1.165, 1.54) is 0 Å². The van der Waals surface area contributed by atoms with Gasteiger partial charge in [-0.25, -0.2) is 4.79 Å². The van der Waals surface area contributed by atoms with Crippen LogP contribution in [-0.4, -0.2) is 40.6 Å². The molecule has 0 saturated carbocycles. The van der Waals surface area contributed by atoms with Gasteiger partial charge in [0.15, 0.2) is 5.78 Å². The molecule has 1 heterocycles. The molecular formula is C22H23N3O4. The molecule has 0 spiro atoms. The molecule has 2 N–H and O–H groups in total. The maximum absolute atomic E-state index is 12.6. The number of urea groups is 1. The molecule has 2 aromatic carbocycles. The standard InChI is InChI=1S/C22H23N3O4/c1-3-22(4-2)20(28)25(21(29)24-22)14-18(26)15-10-12-17(13-11-15)23-19(27)16-8-6-5-7-9-16/h5-13H,3-4,14H2,1-2H3,(H,23,27)(H,24,29). The number of imide groups is 1. The summed E-state index contributed by atoms with van der Waals surface area (Å²) < 4.78 is 0. The summed E-state index contributed by atoms with van der Waals surface area (Å²) in [6.07, 6.45) is 0.934. The molecule has 0 bridgehead atoms. The minimum absolute atomic E-state index is 0.250. The number of Topliss-reactive ketones (excluding diaryl/α,β-unsaturated/α-hetero) is 1. The van der Waals surface area contributed by atoms with Crippen molar-refractivity contribution in [2.75, 3.05) is 11.9 Å². The molecule has 0 aliphatic carbocycles. The van der Waals surface area contributed by atoms with Crippen LogP contribution in [0.5, 0.6) is 0 Å². The number of carbonyl (C=O) groups excluding carboxylic acids is 4. The zero-order valence-electron chi connectivity index (χ0n) is 16.4. The molecule has 3 rings (SSSR count). The summed E-state index contributed by atoms with van der Waals surface area (Å²) in [6, 6.07) is 14.6. The Bertz CT molecular complexity index is 934. The van der Waals surface area contributed by atoms with Gasteiger partial charge in [0.2, 0.25) is 0 Å². The van der Waals surface area contributed by atoms with Crippen molar-refractivity contribution in [3.05, 3.63) is 65.7 Å². The zero-order chi connectivity index (χ0) is 21.0. The normalized spacial score (nSPS) is 15.2. The summed E-state index contributed by atoms with van der Waals surface area (Å²) in [5, 5.41) is 5.47. The molecule has 1 aliphatic heterocycles. The Hall–Kier alpha value is -3.48. The number of anilines is 1. The van der Waals surface area contributed by atoms with Crippen molar-refractivity contribution >= 4 is 29.3 Å². The van der Waals surface area contributed by atoms with Crippen LogP contribution in [0.2, 0.25) is 0 Å². The van der Waals surface area contributed by atoms with Gasteiger partial charge in [0.05, 0.1) is 6.54 Å². The molecule has 1 saturated heterocycles. The SMILES string of the molecule is CCC1(CC)NC(=O)N(CC(=O)c2ccc(NC(=O)c3ccccc3)cc2)C1=O. The van der Waals surface area contributed by atoms with Crippen molar-refractivity contribution < 1.29 is 19.2 Å². The lowest BCUT2D eigenvalue weighted by Gasteiger charge is -2.22. The predicted octanol–water partition coefficient (Wildman–Crippen LogP) is 3.23. The summed E-state index contributed by atoms with van der Waals surface area (Å²) >= 11 is 0. The van der Waals surface area contributed by atoms with Gasteiger partial charge in [-0.2, -0.15) is 0 Å². The van der Waals surface area contributed by atoms with Crippen LogP contribution in [0.1, 0.15) is 47.4 Å². The Labute approximate surface area is 169 Å². The molecule has 29 heavy (non-hydrogen) atoms. The van der Waals surface area contributed by atoms with Crippen molar-refractivity contribution in [1.29, 1.82) is 0 Å². The van der Waals surface area contributed by atoms with Crippen LogP contribution in [0.25, 0.3) is 0 Å². The molecule has 150 valence electrons. The first-order chi connectivity index (χ1) is 13.9. The van der Waals surface area contributed by atoms with E-state index in [-0.39, 0.29) is 24.1 Å². The predicted molar refractivity (Wildman–Crippen MR) is 109 cm³/mol. The number of amides is 4. The summed E-state index contributed by atoms with van der Waals surface area (Å²) in [4.78, 5) is 50.5. The fourth-order valence-corrected chi connectivity index (χ4v) is 3.32. The third kappa shape index (κ3) is 4.03. The summed E-state index contributed by atoms with van der Waals surface area (Å²) in [5.74, 6) is -0.968. The van der Waals surface area contributed by atoms with Crippen LogP contribution >= 0.6 is 0 Å². The van der Waals surface area contributed by atoms with E-state index >= 15 is 0 Å². The van der Waals surface area contributed by atoms with Gasteiger partial charge in [0.1, 0.15) is 5.54 Å². The average molecular weight is 393 g/mol. The molecule has 4 amide bonds. The Kier molecular flexibility index (Phi) is 5.77. The minimum atomic E-state index is -0.928. The first-order valence-corrected chi connectivity index (χ1v) is 9.54. The second-order valence-electron chi connectivity index (χ2n) is 6.93. The van der Waals surface area contributed by atoms with Crippen LogP contribution in [-0.2, 0) is 4.79 Å². The minimum Gasteiger partial charge on any atom is -0.323 e. The highest BCUT2D eigenvalue weighted by molar-refractivity contribution is 6.11. The number of ketones is 1. The number of rotatable bonds is 7. The van der Waals surface area contributed by atoms with E-state index in [1.54, 1.807) is 48.5 Å².